The fraction of sp³-hybridized carbons (Fsp3) is 0.640. The second-order valence-electron chi connectivity index (χ2n) is 9.19. The molecular formula is C25H38IN3O3. The van der Waals surface area contributed by atoms with Crippen LogP contribution < -0.4 is 10.6 Å². The molecule has 0 bridgehead atoms. The maximum Gasteiger partial charge on any atom is 0.245 e. The quantitative estimate of drug-likeness (QED) is 0.427. The van der Waals surface area contributed by atoms with E-state index in [0.717, 1.165) is 28.4 Å². The van der Waals surface area contributed by atoms with Crippen LogP contribution in [0.4, 0.5) is 0 Å². The highest BCUT2D eigenvalue weighted by atomic mass is 127. The smallest absolute Gasteiger partial charge is 0.245 e. The van der Waals surface area contributed by atoms with Gasteiger partial charge in [-0.2, -0.15) is 0 Å². The van der Waals surface area contributed by atoms with Gasteiger partial charge in [0.2, 0.25) is 17.7 Å². The fourth-order valence-electron chi connectivity index (χ4n) is 4.50. The molecule has 0 aromatic heterocycles. The number of carbonyl (C=O) groups is 3. The first kappa shape index (κ1) is 26.6. The van der Waals surface area contributed by atoms with Crippen LogP contribution in [0.15, 0.2) is 24.3 Å². The number of halogens is 1. The maximum atomic E-state index is 13.4. The number of hydrogen-bond donors (Lipinski definition) is 2. The Bertz CT molecular complexity index is 783. The Morgan fingerprint density at radius 3 is 2.56 bits per heavy atom. The topological polar surface area (TPSA) is 78.5 Å². The third kappa shape index (κ3) is 7.74. The van der Waals surface area contributed by atoms with Crippen LogP contribution in [0.25, 0.3) is 0 Å². The Balaban J connectivity index is 2.17. The number of hydrogen-bond acceptors (Lipinski definition) is 3. The summed E-state index contributed by atoms with van der Waals surface area (Å²) in [5, 5.41) is 5.77. The molecule has 1 fully saturated rings. The molecule has 0 saturated carbocycles. The van der Waals surface area contributed by atoms with Crippen molar-refractivity contribution in [1.29, 1.82) is 0 Å². The SMILES string of the molecule is CCC[C@H](C(=O)NC)C(CC(C)C)C(=O)N[C@H]1CCCCN(Cc2cccc(I)c2)C1=O. The summed E-state index contributed by atoms with van der Waals surface area (Å²) in [6.07, 6.45) is 4.56. The van der Waals surface area contributed by atoms with Gasteiger partial charge in [0, 0.05) is 35.5 Å². The largest absolute Gasteiger partial charge is 0.359 e. The van der Waals surface area contributed by atoms with E-state index in [1.807, 2.05) is 30.0 Å². The second-order valence-corrected chi connectivity index (χ2v) is 10.4. The molecule has 1 aliphatic heterocycles. The molecule has 0 radical (unpaired) electrons. The minimum absolute atomic E-state index is 0.0232. The first-order valence-electron chi connectivity index (χ1n) is 11.8. The van der Waals surface area contributed by atoms with Gasteiger partial charge >= 0.3 is 0 Å². The maximum absolute atomic E-state index is 13.4. The lowest BCUT2D eigenvalue weighted by Gasteiger charge is -2.29. The highest BCUT2D eigenvalue weighted by Crippen LogP contribution is 2.26. The summed E-state index contributed by atoms with van der Waals surface area (Å²) < 4.78 is 1.14. The van der Waals surface area contributed by atoms with Gasteiger partial charge < -0.3 is 15.5 Å². The third-order valence-corrected chi connectivity index (χ3v) is 6.76. The van der Waals surface area contributed by atoms with Crippen LogP contribution in [0.2, 0.25) is 0 Å². The van der Waals surface area contributed by atoms with Gasteiger partial charge in [0.05, 0.1) is 0 Å². The summed E-state index contributed by atoms with van der Waals surface area (Å²) in [6, 6.07) is 7.62. The van der Waals surface area contributed by atoms with Crippen LogP contribution in [0.3, 0.4) is 0 Å². The van der Waals surface area contributed by atoms with Crippen LogP contribution >= 0.6 is 22.6 Å². The number of rotatable bonds is 10. The van der Waals surface area contributed by atoms with E-state index in [-0.39, 0.29) is 29.6 Å². The Labute approximate surface area is 206 Å². The van der Waals surface area contributed by atoms with Crippen LogP contribution in [0.5, 0.6) is 0 Å². The molecule has 178 valence electrons. The number of carbonyl (C=O) groups excluding carboxylic acids is 3. The highest BCUT2D eigenvalue weighted by Gasteiger charge is 2.36. The molecule has 3 amide bonds. The predicted molar refractivity (Wildman–Crippen MR) is 136 cm³/mol. The highest BCUT2D eigenvalue weighted by molar-refractivity contribution is 14.1. The lowest BCUT2D eigenvalue weighted by Crippen LogP contribution is -2.51. The number of benzene rings is 1. The minimum Gasteiger partial charge on any atom is -0.359 e. The van der Waals surface area contributed by atoms with Crippen LogP contribution in [-0.2, 0) is 20.9 Å². The standard InChI is InChI=1S/C25H38IN3O3/c1-5-9-20(23(30)27-4)21(14-17(2)3)24(31)28-22-12-6-7-13-29(25(22)32)16-18-10-8-11-19(26)15-18/h8,10-11,15,17,20-22H,5-7,9,12-14,16H2,1-4H3,(H,27,30)(H,28,31)/t20-,21?,22-/m0/s1. The monoisotopic (exact) mass is 555 g/mol. The molecule has 3 atom stereocenters. The lowest BCUT2D eigenvalue weighted by molar-refractivity contribution is -0.140. The third-order valence-electron chi connectivity index (χ3n) is 6.09. The Hall–Kier alpha value is -1.64. The van der Waals surface area contributed by atoms with Crippen molar-refractivity contribution in [1.82, 2.24) is 15.5 Å². The van der Waals surface area contributed by atoms with E-state index in [4.69, 9.17) is 0 Å². The van der Waals surface area contributed by atoms with Gasteiger partial charge in [-0.1, -0.05) is 39.3 Å². The molecule has 1 aliphatic rings. The van der Waals surface area contributed by atoms with Crippen molar-refractivity contribution < 1.29 is 14.4 Å². The molecular weight excluding hydrogens is 517 g/mol. The van der Waals surface area contributed by atoms with Gasteiger partial charge in [0.1, 0.15) is 6.04 Å². The predicted octanol–water partition coefficient (Wildman–Crippen LogP) is 4.11. The molecule has 32 heavy (non-hydrogen) atoms. The summed E-state index contributed by atoms with van der Waals surface area (Å²) >= 11 is 2.28. The number of amides is 3. The van der Waals surface area contributed by atoms with E-state index in [0.29, 0.717) is 32.4 Å². The van der Waals surface area contributed by atoms with E-state index in [1.54, 1.807) is 7.05 Å². The molecule has 2 N–H and O–H groups in total. The average Bonchev–Trinajstić information content (AvgIpc) is 2.91. The molecule has 0 spiro atoms. The molecule has 1 saturated heterocycles. The molecule has 1 aromatic carbocycles. The van der Waals surface area contributed by atoms with E-state index < -0.39 is 12.0 Å². The zero-order valence-electron chi connectivity index (χ0n) is 19.8. The van der Waals surface area contributed by atoms with Gasteiger partial charge in [-0.25, -0.2) is 0 Å². The first-order chi connectivity index (χ1) is 15.3. The molecule has 6 nitrogen and oxygen atoms in total. The van der Waals surface area contributed by atoms with Crippen molar-refractivity contribution in [3.05, 3.63) is 33.4 Å². The number of nitrogens with one attached hydrogen (secondary N) is 2. The van der Waals surface area contributed by atoms with E-state index >= 15 is 0 Å². The summed E-state index contributed by atoms with van der Waals surface area (Å²) in [5.74, 6) is -0.831. The fourth-order valence-corrected chi connectivity index (χ4v) is 5.11. The normalized spacial score (nSPS) is 18.8. The van der Waals surface area contributed by atoms with Crippen LogP contribution in [-0.4, -0.2) is 42.3 Å². The molecule has 0 aliphatic carbocycles. The molecule has 2 rings (SSSR count). The summed E-state index contributed by atoms with van der Waals surface area (Å²) in [6.45, 7) is 7.40. The molecule has 1 aromatic rings. The Morgan fingerprint density at radius 2 is 1.94 bits per heavy atom. The zero-order chi connectivity index (χ0) is 23.7. The minimum atomic E-state index is -0.533. The zero-order valence-corrected chi connectivity index (χ0v) is 22.0. The lowest BCUT2D eigenvalue weighted by atomic mass is 9.81. The van der Waals surface area contributed by atoms with Crippen molar-refractivity contribution in [2.75, 3.05) is 13.6 Å². The van der Waals surface area contributed by atoms with Gasteiger partial charge in [0.25, 0.3) is 0 Å². The van der Waals surface area contributed by atoms with E-state index in [2.05, 4.69) is 53.1 Å². The summed E-state index contributed by atoms with van der Waals surface area (Å²) in [5.41, 5.74) is 1.09. The Kier molecular flexibility index (Phi) is 10.9. The van der Waals surface area contributed by atoms with E-state index in [1.165, 1.54) is 0 Å². The molecule has 7 heteroatoms. The van der Waals surface area contributed by atoms with Crippen molar-refractivity contribution in [2.24, 2.45) is 17.8 Å². The average molecular weight is 556 g/mol. The van der Waals surface area contributed by atoms with Crippen molar-refractivity contribution >= 4 is 40.3 Å². The van der Waals surface area contributed by atoms with Gasteiger partial charge in [0.15, 0.2) is 0 Å². The van der Waals surface area contributed by atoms with Gasteiger partial charge in [-0.05, 0) is 78.3 Å². The first-order valence-corrected chi connectivity index (χ1v) is 12.9. The van der Waals surface area contributed by atoms with Crippen molar-refractivity contribution in [3.8, 4) is 0 Å². The van der Waals surface area contributed by atoms with Gasteiger partial charge in [-0.3, -0.25) is 14.4 Å². The molecule has 1 heterocycles. The summed E-state index contributed by atoms with van der Waals surface area (Å²) in [7, 11) is 1.62. The number of likely N-dealkylation sites (tertiary alicyclic amines) is 1. The van der Waals surface area contributed by atoms with Crippen molar-refractivity contribution in [3.63, 3.8) is 0 Å². The Morgan fingerprint density at radius 1 is 1.19 bits per heavy atom. The van der Waals surface area contributed by atoms with Crippen LogP contribution in [0.1, 0.15) is 64.9 Å². The summed E-state index contributed by atoms with van der Waals surface area (Å²) in [4.78, 5) is 41.1. The molecule has 1 unspecified atom stereocenters. The second kappa shape index (κ2) is 13.2. The number of nitrogens with zero attached hydrogens (tertiary/aromatic N) is 1. The van der Waals surface area contributed by atoms with Crippen molar-refractivity contribution in [2.45, 2.75) is 71.9 Å². The van der Waals surface area contributed by atoms with E-state index in [9.17, 15) is 14.4 Å². The van der Waals surface area contributed by atoms with Crippen LogP contribution in [0, 0.1) is 21.3 Å². The van der Waals surface area contributed by atoms with Gasteiger partial charge in [-0.15, -0.1) is 0 Å².